The van der Waals surface area contributed by atoms with Crippen LogP contribution in [0.4, 0.5) is 0 Å². The van der Waals surface area contributed by atoms with Crippen molar-refractivity contribution in [1.29, 1.82) is 0 Å². The number of nitrogens with zero attached hydrogens (tertiary/aromatic N) is 1. The first-order valence-electron chi connectivity index (χ1n) is 7.71. The van der Waals surface area contributed by atoms with Gasteiger partial charge in [0.2, 0.25) is 15.9 Å². The second-order valence-electron chi connectivity index (χ2n) is 5.36. The summed E-state index contributed by atoms with van der Waals surface area (Å²) in [6, 6.07) is 7.54. The quantitative estimate of drug-likeness (QED) is 0.698. The van der Waals surface area contributed by atoms with Crippen molar-refractivity contribution in [3.63, 3.8) is 0 Å². The highest BCUT2D eigenvalue weighted by Gasteiger charge is 2.16. The fraction of sp³-hybridized carbons (Fsp3) is 0.562. The maximum atomic E-state index is 11.8. The summed E-state index contributed by atoms with van der Waals surface area (Å²) in [6.45, 7) is 2.92. The molecule has 0 radical (unpaired) electrons. The molecule has 23 heavy (non-hydrogen) atoms. The molecule has 1 amide bonds. The first kappa shape index (κ1) is 19.4. The van der Waals surface area contributed by atoms with E-state index < -0.39 is 10.0 Å². The molecule has 1 rings (SSSR count). The molecule has 0 aliphatic carbocycles. The summed E-state index contributed by atoms with van der Waals surface area (Å²) in [4.78, 5) is 11.4. The van der Waals surface area contributed by atoms with E-state index in [1.807, 2.05) is 31.2 Å². The lowest BCUT2D eigenvalue weighted by molar-refractivity contribution is -0.121. The maximum Gasteiger partial charge on any atom is 0.220 e. The lowest BCUT2D eigenvalue weighted by atomic mass is 10.1. The summed E-state index contributed by atoms with van der Waals surface area (Å²) >= 11 is 0. The number of carbonyl (C=O) groups excluding carboxylic acids is 1. The van der Waals surface area contributed by atoms with Crippen LogP contribution in [-0.2, 0) is 21.2 Å². The van der Waals surface area contributed by atoms with E-state index in [2.05, 4.69) is 5.32 Å². The number of methoxy groups -OCH3 is 1. The molecule has 1 N–H and O–H groups in total. The molecule has 0 saturated heterocycles. The fourth-order valence-corrected chi connectivity index (χ4v) is 2.97. The zero-order valence-corrected chi connectivity index (χ0v) is 14.9. The van der Waals surface area contributed by atoms with Gasteiger partial charge < -0.3 is 10.1 Å². The van der Waals surface area contributed by atoms with Gasteiger partial charge in [0.25, 0.3) is 0 Å². The van der Waals surface area contributed by atoms with Gasteiger partial charge in [0.05, 0.1) is 13.4 Å². The molecule has 0 aliphatic heterocycles. The molecule has 0 unspecified atom stereocenters. The Morgan fingerprint density at radius 1 is 1.22 bits per heavy atom. The summed E-state index contributed by atoms with van der Waals surface area (Å²) in [5, 5.41) is 2.74. The van der Waals surface area contributed by atoms with Crippen molar-refractivity contribution in [2.75, 3.05) is 33.0 Å². The minimum Gasteiger partial charge on any atom is -0.497 e. The zero-order valence-electron chi connectivity index (χ0n) is 14.0. The number of rotatable bonds is 10. The Morgan fingerprint density at radius 2 is 1.87 bits per heavy atom. The van der Waals surface area contributed by atoms with E-state index in [4.69, 9.17) is 4.74 Å². The molecule has 0 spiro atoms. The molecule has 0 fully saturated rings. The number of hydrogen-bond donors (Lipinski definition) is 1. The van der Waals surface area contributed by atoms with Crippen LogP contribution in [0.1, 0.15) is 25.3 Å². The maximum absolute atomic E-state index is 11.8. The predicted molar refractivity (Wildman–Crippen MR) is 91.0 cm³/mol. The van der Waals surface area contributed by atoms with Crippen LogP contribution in [0.15, 0.2) is 24.3 Å². The van der Waals surface area contributed by atoms with Gasteiger partial charge in [0, 0.05) is 26.1 Å². The largest absolute Gasteiger partial charge is 0.497 e. The van der Waals surface area contributed by atoms with Crippen molar-refractivity contribution in [1.82, 2.24) is 9.62 Å². The van der Waals surface area contributed by atoms with Gasteiger partial charge >= 0.3 is 0 Å². The average molecular weight is 342 g/mol. The Bertz CT molecular complexity index is 585. The van der Waals surface area contributed by atoms with E-state index in [9.17, 15) is 13.2 Å². The molecule has 0 saturated carbocycles. The summed E-state index contributed by atoms with van der Waals surface area (Å²) < 4.78 is 30.2. The smallest absolute Gasteiger partial charge is 0.220 e. The van der Waals surface area contributed by atoms with Crippen LogP contribution in [0.25, 0.3) is 0 Å². The first-order valence-corrected chi connectivity index (χ1v) is 9.56. The zero-order chi connectivity index (χ0) is 17.3. The van der Waals surface area contributed by atoms with Gasteiger partial charge in [-0.3, -0.25) is 4.79 Å². The molecule has 1 aromatic rings. The van der Waals surface area contributed by atoms with Crippen molar-refractivity contribution in [3.8, 4) is 5.75 Å². The standard InChI is InChI=1S/C16H26N2O4S/c1-4-5-16(19)17-11-13-18(23(3,20)21)12-10-14-6-8-15(22-2)9-7-14/h6-9H,4-5,10-13H2,1-3H3,(H,17,19). The Balaban J connectivity index is 2.52. The fourth-order valence-electron chi connectivity index (χ4n) is 2.12. The molecule has 0 aromatic heterocycles. The van der Waals surface area contributed by atoms with Crippen LogP contribution in [-0.4, -0.2) is 51.6 Å². The summed E-state index contributed by atoms with van der Waals surface area (Å²) in [7, 11) is -1.70. The van der Waals surface area contributed by atoms with E-state index in [1.54, 1.807) is 7.11 Å². The SMILES string of the molecule is CCCC(=O)NCCN(CCc1ccc(OC)cc1)S(C)(=O)=O. The lowest BCUT2D eigenvalue weighted by Gasteiger charge is -2.20. The van der Waals surface area contributed by atoms with Crippen molar-refractivity contribution in [3.05, 3.63) is 29.8 Å². The third-order valence-electron chi connectivity index (χ3n) is 3.44. The number of sulfonamides is 1. The van der Waals surface area contributed by atoms with E-state index in [1.165, 1.54) is 10.6 Å². The van der Waals surface area contributed by atoms with Gasteiger partial charge in [-0.2, -0.15) is 0 Å². The number of carbonyl (C=O) groups is 1. The third kappa shape index (κ3) is 7.47. The number of amides is 1. The normalized spacial score (nSPS) is 11.5. The minimum atomic E-state index is -3.30. The van der Waals surface area contributed by atoms with Crippen LogP contribution in [0.2, 0.25) is 0 Å². The number of nitrogens with one attached hydrogen (secondary N) is 1. The van der Waals surface area contributed by atoms with Crippen LogP contribution in [0.5, 0.6) is 5.75 Å². The summed E-state index contributed by atoms with van der Waals surface area (Å²) in [6.07, 6.45) is 3.04. The molecule has 130 valence electrons. The summed E-state index contributed by atoms with van der Waals surface area (Å²) in [5.74, 6) is 0.725. The molecule has 0 aliphatic rings. The summed E-state index contributed by atoms with van der Waals surface area (Å²) in [5.41, 5.74) is 1.04. The lowest BCUT2D eigenvalue weighted by Crippen LogP contribution is -2.39. The molecular formula is C16H26N2O4S. The van der Waals surface area contributed by atoms with Crippen LogP contribution in [0.3, 0.4) is 0 Å². The molecule has 0 atom stereocenters. The van der Waals surface area contributed by atoms with Gasteiger partial charge in [-0.25, -0.2) is 12.7 Å². The van der Waals surface area contributed by atoms with Gasteiger partial charge in [0.15, 0.2) is 0 Å². The number of hydrogen-bond acceptors (Lipinski definition) is 4. The van der Waals surface area contributed by atoms with Crippen molar-refractivity contribution >= 4 is 15.9 Å². The average Bonchev–Trinajstić information content (AvgIpc) is 2.50. The van der Waals surface area contributed by atoms with E-state index >= 15 is 0 Å². The second kappa shape index (κ2) is 9.52. The Labute approximate surface area is 138 Å². The Morgan fingerprint density at radius 3 is 2.39 bits per heavy atom. The topological polar surface area (TPSA) is 75.7 Å². The minimum absolute atomic E-state index is 0.0453. The molecule has 0 heterocycles. The highest BCUT2D eigenvalue weighted by atomic mass is 32.2. The highest BCUT2D eigenvalue weighted by molar-refractivity contribution is 7.88. The molecule has 0 bridgehead atoms. The highest BCUT2D eigenvalue weighted by Crippen LogP contribution is 2.12. The first-order chi connectivity index (χ1) is 10.9. The van der Waals surface area contributed by atoms with E-state index in [-0.39, 0.29) is 12.5 Å². The number of benzene rings is 1. The molecule has 1 aromatic carbocycles. The molecule has 6 nitrogen and oxygen atoms in total. The second-order valence-corrected chi connectivity index (χ2v) is 7.34. The third-order valence-corrected chi connectivity index (χ3v) is 4.74. The van der Waals surface area contributed by atoms with Crippen LogP contribution >= 0.6 is 0 Å². The van der Waals surface area contributed by atoms with Gasteiger partial charge in [-0.15, -0.1) is 0 Å². The van der Waals surface area contributed by atoms with Gasteiger partial charge in [-0.1, -0.05) is 19.1 Å². The van der Waals surface area contributed by atoms with E-state index in [0.717, 1.165) is 17.7 Å². The van der Waals surface area contributed by atoms with Gasteiger partial charge in [0.1, 0.15) is 5.75 Å². The van der Waals surface area contributed by atoms with Crippen molar-refractivity contribution in [2.45, 2.75) is 26.2 Å². The molecular weight excluding hydrogens is 316 g/mol. The van der Waals surface area contributed by atoms with Crippen LogP contribution in [0, 0.1) is 0 Å². The van der Waals surface area contributed by atoms with E-state index in [0.29, 0.717) is 25.9 Å². The monoisotopic (exact) mass is 342 g/mol. The van der Waals surface area contributed by atoms with Crippen molar-refractivity contribution < 1.29 is 17.9 Å². The van der Waals surface area contributed by atoms with Crippen molar-refractivity contribution in [2.24, 2.45) is 0 Å². The van der Waals surface area contributed by atoms with Gasteiger partial charge in [-0.05, 0) is 30.5 Å². The van der Waals surface area contributed by atoms with Crippen LogP contribution < -0.4 is 10.1 Å². The predicted octanol–water partition coefficient (Wildman–Crippen LogP) is 1.42. The Kier molecular flexibility index (Phi) is 8.05. The molecule has 7 heteroatoms. The Hall–Kier alpha value is -1.60. The number of ether oxygens (including phenoxy) is 1.